The van der Waals surface area contributed by atoms with Gasteiger partial charge in [-0.2, -0.15) is 5.10 Å². The Morgan fingerprint density at radius 3 is 2.52 bits per heavy atom. The summed E-state index contributed by atoms with van der Waals surface area (Å²) in [6.45, 7) is 4.00. The topological polar surface area (TPSA) is 55.7 Å². The van der Waals surface area contributed by atoms with Gasteiger partial charge in [0.05, 0.1) is 25.4 Å². The molecule has 0 spiro atoms. The van der Waals surface area contributed by atoms with Crippen molar-refractivity contribution >= 4 is 22.4 Å². The van der Waals surface area contributed by atoms with E-state index in [0.717, 1.165) is 33.6 Å². The standard InChI is InChI=1S/C20H21N3O2/c1-13-11-20(21-17-8-6-5-7-16(13)17)23-22-14(2)15-9-10-18(24-3)19(12-15)25-4/h5-12H,1-4H3,(H,21,23)/b22-14-. The Morgan fingerprint density at radius 1 is 1.00 bits per heavy atom. The third-order valence-electron chi connectivity index (χ3n) is 4.06. The molecule has 25 heavy (non-hydrogen) atoms. The minimum atomic E-state index is 0.675. The van der Waals surface area contributed by atoms with Crippen molar-refractivity contribution < 1.29 is 9.47 Å². The number of aryl methyl sites for hydroxylation is 1. The number of hydrogen-bond donors (Lipinski definition) is 1. The molecule has 3 aromatic rings. The van der Waals surface area contributed by atoms with Crippen LogP contribution in [0.1, 0.15) is 18.1 Å². The molecule has 0 atom stereocenters. The minimum absolute atomic E-state index is 0.675. The molecule has 3 rings (SSSR count). The summed E-state index contributed by atoms with van der Waals surface area (Å²) in [6, 6.07) is 15.8. The Hall–Kier alpha value is -3.08. The van der Waals surface area contributed by atoms with Gasteiger partial charge in [0.2, 0.25) is 0 Å². The molecule has 5 heteroatoms. The number of rotatable bonds is 5. The molecule has 0 aliphatic rings. The number of benzene rings is 2. The molecular formula is C20H21N3O2. The molecule has 0 bridgehead atoms. The zero-order valence-corrected chi connectivity index (χ0v) is 14.8. The number of hydrazone groups is 1. The van der Waals surface area contributed by atoms with E-state index in [-0.39, 0.29) is 0 Å². The smallest absolute Gasteiger partial charge is 0.161 e. The lowest BCUT2D eigenvalue weighted by Crippen LogP contribution is -2.02. The second-order valence-electron chi connectivity index (χ2n) is 5.72. The van der Waals surface area contributed by atoms with E-state index < -0.39 is 0 Å². The van der Waals surface area contributed by atoms with Crippen LogP contribution in [0.3, 0.4) is 0 Å². The largest absolute Gasteiger partial charge is 0.493 e. The lowest BCUT2D eigenvalue weighted by Gasteiger charge is -2.10. The van der Waals surface area contributed by atoms with Crippen molar-refractivity contribution in [2.45, 2.75) is 13.8 Å². The van der Waals surface area contributed by atoms with Gasteiger partial charge in [-0.25, -0.2) is 4.98 Å². The van der Waals surface area contributed by atoms with E-state index in [1.807, 2.05) is 49.4 Å². The number of hydrogen-bond acceptors (Lipinski definition) is 5. The first kappa shape index (κ1) is 16.8. The van der Waals surface area contributed by atoms with Crippen LogP contribution in [0.25, 0.3) is 10.9 Å². The van der Waals surface area contributed by atoms with Gasteiger partial charge in [0, 0.05) is 10.9 Å². The van der Waals surface area contributed by atoms with Gasteiger partial charge in [0.25, 0.3) is 0 Å². The van der Waals surface area contributed by atoms with E-state index in [1.54, 1.807) is 14.2 Å². The van der Waals surface area contributed by atoms with E-state index in [0.29, 0.717) is 11.5 Å². The van der Waals surface area contributed by atoms with Crippen molar-refractivity contribution in [1.29, 1.82) is 0 Å². The van der Waals surface area contributed by atoms with Crippen LogP contribution in [0.2, 0.25) is 0 Å². The first-order valence-electron chi connectivity index (χ1n) is 8.01. The summed E-state index contributed by atoms with van der Waals surface area (Å²) in [4.78, 5) is 4.60. The van der Waals surface area contributed by atoms with Crippen molar-refractivity contribution in [2.75, 3.05) is 19.6 Å². The van der Waals surface area contributed by atoms with Crippen molar-refractivity contribution in [3.8, 4) is 11.5 Å². The summed E-state index contributed by atoms with van der Waals surface area (Å²) < 4.78 is 10.6. The number of nitrogens with one attached hydrogen (secondary N) is 1. The molecule has 5 nitrogen and oxygen atoms in total. The quantitative estimate of drug-likeness (QED) is 0.555. The molecule has 0 saturated carbocycles. The van der Waals surface area contributed by atoms with Crippen LogP contribution in [0.5, 0.6) is 11.5 Å². The molecule has 128 valence electrons. The average Bonchev–Trinajstić information content (AvgIpc) is 2.65. The normalized spacial score (nSPS) is 11.4. The zero-order valence-electron chi connectivity index (χ0n) is 14.8. The maximum absolute atomic E-state index is 5.34. The van der Waals surface area contributed by atoms with Crippen LogP contribution in [0.15, 0.2) is 53.6 Å². The van der Waals surface area contributed by atoms with Crippen LogP contribution < -0.4 is 14.9 Å². The molecule has 2 aromatic carbocycles. The van der Waals surface area contributed by atoms with Gasteiger partial charge in [-0.1, -0.05) is 18.2 Å². The van der Waals surface area contributed by atoms with Gasteiger partial charge >= 0.3 is 0 Å². The third-order valence-corrected chi connectivity index (χ3v) is 4.06. The van der Waals surface area contributed by atoms with E-state index in [9.17, 15) is 0 Å². The molecule has 1 aromatic heterocycles. The van der Waals surface area contributed by atoms with Crippen LogP contribution >= 0.6 is 0 Å². The number of para-hydroxylation sites is 1. The van der Waals surface area contributed by atoms with Crippen LogP contribution in [0.4, 0.5) is 5.82 Å². The van der Waals surface area contributed by atoms with E-state index >= 15 is 0 Å². The first-order valence-corrected chi connectivity index (χ1v) is 8.01. The Labute approximate surface area is 147 Å². The van der Waals surface area contributed by atoms with Gasteiger partial charge in [-0.05, 0) is 49.7 Å². The summed E-state index contributed by atoms with van der Waals surface area (Å²) in [6.07, 6.45) is 0. The predicted molar refractivity (Wildman–Crippen MR) is 102 cm³/mol. The van der Waals surface area contributed by atoms with E-state index in [2.05, 4.69) is 28.5 Å². The van der Waals surface area contributed by atoms with E-state index in [4.69, 9.17) is 9.47 Å². The van der Waals surface area contributed by atoms with Crippen molar-refractivity contribution in [1.82, 2.24) is 4.98 Å². The minimum Gasteiger partial charge on any atom is -0.493 e. The van der Waals surface area contributed by atoms with Gasteiger partial charge in [-0.15, -0.1) is 0 Å². The molecule has 0 amide bonds. The molecule has 0 aliphatic carbocycles. The Bertz CT molecular complexity index is 935. The highest BCUT2D eigenvalue weighted by Gasteiger charge is 2.07. The number of methoxy groups -OCH3 is 2. The fourth-order valence-electron chi connectivity index (χ4n) is 2.67. The lowest BCUT2D eigenvalue weighted by atomic mass is 10.1. The molecule has 1 heterocycles. The molecule has 0 unspecified atom stereocenters. The van der Waals surface area contributed by atoms with Gasteiger partial charge in [-0.3, -0.25) is 5.43 Å². The zero-order chi connectivity index (χ0) is 17.8. The second-order valence-corrected chi connectivity index (χ2v) is 5.72. The van der Waals surface area contributed by atoms with Gasteiger partial charge in [0.15, 0.2) is 11.5 Å². The predicted octanol–water partition coefficient (Wildman–Crippen LogP) is 4.40. The number of anilines is 1. The monoisotopic (exact) mass is 335 g/mol. The number of aromatic nitrogens is 1. The van der Waals surface area contributed by atoms with Crippen LogP contribution in [-0.4, -0.2) is 24.9 Å². The maximum atomic E-state index is 5.34. The fraction of sp³-hybridized carbons (Fsp3) is 0.200. The molecule has 0 fully saturated rings. The molecule has 0 aliphatic heterocycles. The van der Waals surface area contributed by atoms with Gasteiger partial charge in [0.1, 0.15) is 5.82 Å². The highest BCUT2D eigenvalue weighted by atomic mass is 16.5. The molecule has 0 saturated heterocycles. The Morgan fingerprint density at radius 2 is 1.76 bits per heavy atom. The summed E-state index contributed by atoms with van der Waals surface area (Å²) in [5.74, 6) is 2.09. The highest BCUT2D eigenvalue weighted by molar-refractivity contribution is 5.99. The summed E-state index contributed by atoms with van der Waals surface area (Å²) in [5.41, 5.74) is 6.93. The molecule has 1 N–H and O–H groups in total. The SMILES string of the molecule is COc1ccc(/C(C)=N\Nc2cc(C)c3ccccc3n2)cc1OC. The fourth-order valence-corrected chi connectivity index (χ4v) is 2.67. The Balaban J connectivity index is 1.86. The summed E-state index contributed by atoms with van der Waals surface area (Å²) >= 11 is 0. The number of fused-ring (bicyclic) bond motifs is 1. The third kappa shape index (κ3) is 3.55. The highest BCUT2D eigenvalue weighted by Crippen LogP contribution is 2.28. The number of pyridine rings is 1. The van der Waals surface area contributed by atoms with E-state index in [1.165, 1.54) is 0 Å². The number of ether oxygens (including phenoxy) is 2. The van der Waals surface area contributed by atoms with Crippen molar-refractivity contribution in [3.63, 3.8) is 0 Å². The second kappa shape index (κ2) is 7.21. The Kier molecular flexibility index (Phi) is 4.84. The van der Waals surface area contributed by atoms with Gasteiger partial charge < -0.3 is 9.47 Å². The summed E-state index contributed by atoms with van der Waals surface area (Å²) in [7, 11) is 3.24. The van der Waals surface area contributed by atoms with Crippen LogP contribution in [-0.2, 0) is 0 Å². The maximum Gasteiger partial charge on any atom is 0.161 e. The number of nitrogens with zero attached hydrogens (tertiary/aromatic N) is 2. The van der Waals surface area contributed by atoms with Crippen LogP contribution in [0, 0.1) is 6.92 Å². The van der Waals surface area contributed by atoms with Crippen molar-refractivity contribution in [3.05, 3.63) is 59.7 Å². The molecular weight excluding hydrogens is 314 g/mol. The van der Waals surface area contributed by atoms with Crippen molar-refractivity contribution in [2.24, 2.45) is 5.10 Å². The summed E-state index contributed by atoms with van der Waals surface area (Å²) in [5, 5.41) is 5.60. The average molecular weight is 335 g/mol. The first-order chi connectivity index (χ1) is 12.1. The lowest BCUT2D eigenvalue weighted by molar-refractivity contribution is 0.355. The molecule has 0 radical (unpaired) electrons.